The summed E-state index contributed by atoms with van der Waals surface area (Å²) in [5.41, 5.74) is 1.21. The third-order valence-corrected chi connectivity index (χ3v) is 3.15. The van der Waals surface area contributed by atoms with E-state index in [2.05, 4.69) is 37.4 Å². The fraction of sp³-hybridized carbons (Fsp3) is 0.750. The Hall–Kier alpha value is -0.870. The summed E-state index contributed by atoms with van der Waals surface area (Å²) in [6.07, 6.45) is 6.12. The minimum absolute atomic E-state index is 0.00380. The Bertz CT molecular complexity index is 361. The van der Waals surface area contributed by atoms with Crippen molar-refractivity contribution < 1.29 is 5.11 Å². The lowest BCUT2D eigenvalue weighted by atomic mass is 10.1. The van der Waals surface area contributed by atoms with Crippen LogP contribution in [0.3, 0.4) is 0 Å². The van der Waals surface area contributed by atoms with Crippen LogP contribution in [0.4, 0.5) is 0 Å². The zero-order valence-corrected chi connectivity index (χ0v) is 10.3. The van der Waals surface area contributed by atoms with Crippen LogP contribution in [0.1, 0.15) is 39.2 Å². The average Bonchev–Trinajstić information content (AvgIpc) is 2.83. The normalized spacial score (nSPS) is 18.8. The van der Waals surface area contributed by atoms with E-state index in [-0.39, 0.29) is 17.7 Å². The molecule has 1 aliphatic carbocycles. The highest BCUT2D eigenvalue weighted by molar-refractivity contribution is 5.09. The van der Waals surface area contributed by atoms with Crippen molar-refractivity contribution in [2.24, 2.45) is 0 Å². The molecule has 0 atom stereocenters. The molecule has 1 heterocycles. The maximum absolute atomic E-state index is 9.19. The summed E-state index contributed by atoms with van der Waals surface area (Å²) in [4.78, 5) is 0. The molecule has 0 aromatic carbocycles. The van der Waals surface area contributed by atoms with Gasteiger partial charge in [0.05, 0.1) is 18.3 Å². The van der Waals surface area contributed by atoms with Crippen molar-refractivity contribution in [1.29, 1.82) is 0 Å². The van der Waals surface area contributed by atoms with E-state index in [0.29, 0.717) is 0 Å². The van der Waals surface area contributed by atoms with E-state index in [9.17, 15) is 5.11 Å². The number of rotatable bonds is 4. The van der Waals surface area contributed by atoms with Gasteiger partial charge in [-0.2, -0.15) is 5.10 Å². The van der Waals surface area contributed by atoms with E-state index in [1.54, 1.807) is 0 Å². The second-order valence-corrected chi connectivity index (χ2v) is 5.76. The smallest absolute Gasteiger partial charge is 0.0613 e. The van der Waals surface area contributed by atoms with Crippen LogP contribution in [0, 0.1) is 0 Å². The fourth-order valence-electron chi connectivity index (χ4n) is 1.65. The number of hydrogen-bond acceptors (Lipinski definition) is 3. The third kappa shape index (κ3) is 2.44. The number of aliphatic hydroxyl groups is 1. The predicted molar refractivity (Wildman–Crippen MR) is 63.1 cm³/mol. The molecule has 4 heteroatoms. The molecular formula is C12H21N3O. The highest BCUT2D eigenvalue weighted by Gasteiger charge is 2.41. The van der Waals surface area contributed by atoms with Crippen molar-refractivity contribution >= 4 is 0 Å². The molecule has 1 fully saturated rings. The number of nitrogens with zero attached hydrogens (tertiary/aromatic N) is 2. The first-order chi connectivity index (χ1) is 7.45. The largest absolute Gasteiger partial charge is 0.394 e. The minimum atomic E-state index is 0.00380. The number of aromatic nitrogens is 2. The topological polar surface area (TPSA) is 50.1 Å². The summed E-state index contributed by atoms with van der Waals surface area (Å²) in [5.74, 6) is 0. The second kappa shape index (κ2) is 3.86. The Balaban J connectivity index is 1.93. The van der Waals surface area contributed by atoms with Gasteiger partial charge in [0.1, 0.15) is 0 Å². The Labute approximate surface area is 96.7 Å². The van der Waals surface area contributed by atoms with Crippen molar-refractivity contribution in [3.05, 3.63) is 18.0 Å². The van der Waals surface area contributed by atoms with Crippen molar-refractivity contribution in [1.82, 2.24) is 15.1 Å². The molecule has 2 N–H and O–H groups in total. The first-order valence-corrected chi connectivity index (χ1v) is 5.85. The standard InChI is InChI=1S/C12H21N3O/c1-11(2,3)15-8-10(7-14-15)6-13-12(9-16)4-5-12/h7-8,13,16H,4-6,9H2,1-3H3. The first-order valence-electron chi connectivity index (χ1n) is 5.85. The molecular weight excluding hydrogens is 202 g/mol. The van der Waals surface area contributed by atoms with E-state index in [4.69, 9.17) is 0 Å². The van der Waals surface area contributed by atoms with Crippen molar-refractivity contribution in [2.45, 2.75) is 51.2 Å². The third-order valence-electron chi connectivity index (χ3n) is 3.15. The molecule has 0 spiro atoms. The van der Waals surface area contributed by atoms with Gasteiger partial charge >= 0.3 is 0 Å². The second-order valence-electron chi connectivity index (χ2n) is 5.76. The molecule has 2 rings (SSSR count). The van der Waals surface area contributed by atoms with Gasteiger partial charge in [0, 0.05) is 23.8 Å². The van der Waals surface area contributed by atoms with E-state index in [1.807, 2.05) is 10.9 Å². The summed E-state index contributed by atoms with van der Waals surface area (Å²) in [6, 6.07) is 0. The van der Waals surface area contributed by atoms with Crippen LogP contribution < -0.4 is 5.32 Å². The number of hydrogen-bond donors (Lipinski definition) is 2. The molecule has 90 valence electrons. The van der Waals surface area contributed by atoms with E-state index < -0.39 is 0 Å². The van der Waals surface area contributed by atoms with Gasteiger partial charge in [0.2, 0.25) is 0 Å². The molecule has 1 aromatic heterocycles. The highest BCUT2D eigenvalue weighted by atomic mass is 16.3. The summed E-state index contributed by atoms with van der Waals surface area (Å²) >= 11 is 0. The van der Waals surface area contributed by atoms with Crippen LogP contribution in [0.15, 0.2) is 12.4 Å². The average molecular weight is 223 g/mol. The molecule has 4 nitrogen and oxygen atoms in total. The monoisotopic (exact) mass is 223 g/mol. The molecule has 1 saturated carbocycles. The van der Waals surface area contributed by atoms with E-state index in [0.717, 1.165) is 19.4 Å². The summed E-state index contributed by atoms with van der Waals surface area (Å²) in [6.45, 7) is 7.42. The van der Waals surface area contributed by atoms with Crippen LogP contribution in [-0.4, -0.2) is 27.0 Å². The molecule has 0 aliphatic heterocycles. The van der Waals surface area contributed by atoms with Crippen molar-refractivity contribution in [3.8, 4) is 0 Å². The molecule has 0 amide bonds. The van der Waals surface area contributed by atoms with Gasteiger partial charge in [0.15, 0.2) is 0 Å². The fourth-order valence-corrected chi connectivity index (χ4v) is 1.65. The zero-order valence-electron chi connectivity index (χ0n) is 10.3. The molecule has 16 heavy (non-hydrogen) atoms. The van der Waals surface area contributed by atoms with Gasteiger partial charge in [-0.25, -0.2) is 0 Å². The molecule has 1 aromatic rings. The molecule has 1 aliphatic rings. The molecule has 0 saturated heterocycles. The number of nitrogens with one attached hydrogen (secondary N) is 1. The van der Waals surface area contributed by atoms with E-state index >= 15 is 0 Å². The maximum atomic E-state index is 9.19. The van der Waals surface area contributed by atoms with Crippen LogP contribution in [-0.2, 0) is 12.1 Å². The van der Waals surface area contributed by atoms with Gasteiger partial charge in [-0.3, -0.25) is 4.68 Å². The lowest BCUT2D eigenvalue weighted by Crippen LogP contribution is -2.34. The Morgan fingerprint density at radius 3 is 2.62 bits per heavy atom. The Morgan fingerprint density at radius 2 is 2.19 bits per heavy atom. The summed E-state index contributed by atoms with van der Waals surface area (Å²) in [7, 11) is 0. The molecule has 0 bridgehead atoms. The van der Waals surface area contributed by atoms with Crippen LogP contribution in [0.5, 0.6) is 0 Å². The van der Waals surface area contributed by atoms with E-state index in [1.165, 1.54) is 5.56 Å². The maximum Gasteiger partial charge on any atom is 0.0613 e. The first kappa shape index (κ1) is 11.6. The molecule has 0 radical (unpaired) electrons. The van der Waals surface area contributed by atoms with Crippen molar-refractivity contribution in [3.63, 3.8) is 0 Å². The SMILES string of the molecule is CC(C)(C)n1cc(CNC2(CO)CC2)cn1. The van der Waals surface area contributed by atoms with Gasteiger partial charge in [-0.1, -0.05) is 0 Å². The van der Waals surface area contributed by atoms with Crippen LogP contribution in [0.2, 0.25) is 0 Å². The van der Waals surface area contributed by atoms with Crippen LogP contribution >= 0.6 is 0 Å². The number of aliphatic hydroxyl groups excluding tert-OH is 1. The molecule has 0 unspecified atom stereocenters. The minimum Gasteiger partial charge on any atom is -0.394 e. The Kier molecular flexibility index (Phi) is 2.80. The summed E-state index contributed by atoms with van der Waals surface area (Å²) < 4.78 is 1.97. The van der Waals surface area contributed by atoms with Crippen molar-refractivity contribution in [2.75, 3.05) is 6.61 Å². The summed E-state index contributed by atoms with van der Waals surface area (Å²) in [5, 5.41) is 16.9. The van der Waals surface area contributed by atoms with Gasteiger partial charge in [-0.05, 0) is 33.6 Å². The zero-order chi connectivity index (χ0) is 11.8. The van der Waals surface area contributed by atoms with Gasteiger partial charge in [-0.15, -0.1) is 0 Å². The van der Waals surface area contributed by atoms with Gasteiger partial charge < -0.3 is 10.4 Å². The van der Waals surface area contributed by atoms with Crippen LogP contribution in [0.25, 0.3) is 0 Å². The lowest BCUT2D eigenvalue weighted by molar-refractivity contribution is 0.229. The lowest BCUT2D eigenvalue weighted by Gasteiger charge is -2.18. The quantitative estimate of drug-likeness (QED) is 0.807. The predicted octanol–water partition coefficient (Wildman–Crippen LogP) is 1.25. The van der Waals surface area contributed by atoms with Gasteiger partial charge in [0.25, 0.3) is 0 Å². The highest BCUT2D eigenvalue weighted by Crippen LogP contribution is 2.34. The Morgan fingerprint density at radius 1 is 1.50 bits per heavy atom.